The van der Waals surface area contributed by atoms with Crippen LogP contribution in [0.5, 0.6) is 0 Å². The molecule has 122 valence electrons. The van der Waals surface area contributed by atoms with Crippen LogP contribution in [0.4, 0.5) is 0 Å². The Morgan fingerprint density at radius 2 is 1.71 bits per heavy atom. The molecule has 0 aromatic rings. The molecule has 1 unspecified atom stereocenters. The maximum atomic E-state index is 11.2. The molecule has 21 heavy (non-hydrogen) atoms. The van der Waals surface area contributed by atoms with Crippen LogP contribution in [-0.2, 0) is 29.7 Å². The van der Waals surface area contributed by atoms with Crippen LogP contribution in [0.25, 0.3) is 0 Å². The van der Waals surface area contributed by atoms with Gasteiger partial charge in [-0.2, -0.15) is 0 Å². The number of aliphatic hydroxyl groups is 1. The Hall–Kier alpha value is -0.310. The summed E-state index contributed by atoms with van der Waals surface area (Å²) < 4.78 is 34.2. The number of rotatable bonds is 3. The Kier molecular flexibility index (Phi) is 4.92. The van der Waals surface area contributed by atoms with E-state index in [2.05, 4.69) is 0 Å². The minimum absolute atomic E-state index is 0.175. The van der Waals surface area contributed by atoms with Crippen LogP contribution in [0.15, 0.2) is 11.5 Å². The molecule has 0 bridgehead atoms. The molecule has 0 spiro atoms. The molecule has 2 heterocycles. The highest BCUT2D eigenvalue weighted by atomic mass is 32.2. The molecule has 2 saturated heterocycles. The molecule has 0 aromatic heterocycles. The zero-order valence-electron chi connectivity index (χ0n) is 13.1. The van der Waals surface area contributed by atoms with Crippen molar-refractivity contribution >= 4 is 10.8 Å². The third kappa shape index (κ3) is 4.34. The van der Waals surface area contributed by atoms with E-state index >= 15 is 0 Å². The highest BCUT2D eigenvalue weighted by Crippen LogP contribution is 2.36. The largest absolute Gasteiger partial charge is 0.388 e. The molecule has 0 aromatic carbocycles. The first-order valence-electron chi connectivity index (χ1n) is 6.96. The standard InChI is InChI=1S/C14H24O6S/c1-13(2)17-8-9(15)11(19-13)12-10(6-7-21(5)16)18-14(3,4)20-12/h6-7,9-12,15H,8H2,1-5H3/b7-6+/t9-,10-,11-,12-,21?/m1/s1. The Balaban J connectivity index is 2.19. The van der Waals surface area contributed by atoms with E-state index in [1.165, 1.54) is 0 Å². The SMILES string of the molecule is CS(=O)/C=C/[C@H]1OC(C)(C)O[C@H]1[C@@H]1OC(C)(C)OC[C@H]1O. The van der Waals surface area contributed by atoms with E-state index in [4.69, 9.17) is 18.9 Å². The average Bonchev–Trinajstić information content (AvgIpc) is 2.65. The van der Waals surface area contributed by atoms with Gasteiger partial charge in [0.15, 0.2) is 11.6 Å². The quantitative estimate of drug-likeness (QED) is 0.833. The van der Waals surface area contributed by atoms with Gasteiger partial charge in [0.2, 0.25) is 0 Å². The zero-order chi connectivity index (χ0) is 15.8. The Morgan fingerprint density at radius 3 is 2.33 bits per heavy atom. The van der Waals surface area contributed by atoms with Crippen LogP contribution >= 0.6 is 0 Å². The van der Waals surface area contributed by atoms with Gasteiger partial charge in [-0.05, 0) is 33.8 Å². The molecule has 0 amide bonds. The van der Waals surface area contributed by atoms with Crippen molar-refractivity contribution < 1.29 is 28.3 Å². The van der Waals surface area contributed by atoms with E-state index < -0.39 is 46.8 Å². The summed E-state index contributed by atoms with van der Waals surface area (Å²) in [5.74, 6) is -1.58. The third-order valence-corrected chi connectivity index (χ3v) is 3.89. The van der Waals surface area contributed by atoms with E-state index in [-0.39, 0.29) is 6.61 Å². The van der Waals surface area contributed by atoms with Crippen LogP contribution in [-0.4, -0.2) is 58.2 Å². The Morgan fingerprint density at radius 1 is 1.10 bits per heavy atom. The van der Waals surface area contributed by atoms with E-state index in [0.717, 1.165) is 0 Å². The van der Waals surface area contributed by atoms with Crippen LogP contribution in [0.2, 0.25) is 0 Å². The molecule has 2 fully saturated rings. The fourth-order valence-electron chi connectivity index (χ4n) is 2.52. The highest BCUT2D eigenvalue weighted by Gasteiger charge is 2.50. The molecular formula is C14H24O6S. The van der Waals surface area contributed by atoms with Crippen molar-refractivity contribution in [2.45, 2.75) is 63.7 Å². The summed E-state index contributed by atoms with van der Waals surface area (Å²) in [6, 6.07) is 0. The van der Waals surface area contributed by atoms with E-state index in [9.17, 15) is 9.32 Å². The minimum Gasteiger partial charge on any atom is -0.388 e. The Labute approximate surface area is 127 Å². The first-order chi connectivity index (χ1) is 9.60. The molecule has 1 N–H and O–H groups in total. The van der Waals surface area contributed by atoms with Crippen molar-refractivity contribution in [2.24, 2.45) is 0 Å². The lowest BCUT2D eigenvalue weighted by Gasteiger charge is -2.41. The van der Waals surface area contributed by atoms with Crippen molar-refractivity contribution in [3.8, 4) is 0 Å². The number of hydrogen-bond donors (Lipinski definition) is 1. The highest BCUT2D eigenvalue weighted by molar-refractivity contribution is 7.87. The third-order valence-electron chi connectivity index (χ3n) is 3.35. The number of ether oxygens (including phenoxy) is 4. The molecular weight excluding hydrogens is 296 g/mol. The van der Waals surface area contributed by atoms with Gasteiger partial charge in [0.05, 0.1) is 6.61 Å². The molecule has 5 atom stereocenters. The van der Waals surface area contributed by atoms with Gasteiger partial charge in [-0.25, -0.2) is 0 Å². The Bertz CT molecular complexity index is 433. The summed E-state index contributed by atoms with van der Waals surface area (Å²) in [6.07, 6.45) is 0.984. The van der Waals surface area contributed by atoms with Crippen LogP contribution in [0, 0.1) is 0 Å². The van der Waals surface area contributed by atoms with Gasteiger partial charge < -0.3 is 24.1 Å². The summed E-state index contributed by atoms with van der Waals surface area (Å²) >= 11 is 0. The van der Waals surface area contributed by atoms with Gasteiger partial charge >= 0.3 is 0 Å². The van der Waals surface area contributed by atoms with E-state index in [0.29, 0.717) is 0 Å². The summed E-state index contributed by atoms with van der Waals surface area (Å²) in [4.78, 5) is 0. The molecule has 0 saturated carbocycles. The summed E-state index contributed by atoms with van der Waals surface area (Å²) in [5, 5.41) is 11.7. The maximum absolute atomic E-state index is 11.2. The van der Waals surface area contributed by atoms with Crippen LogP contribution < -0.4 is 0 Å². The van der Waals surface area contributed by atoms with Gasteiger partial charge in [-0.1, -0.05) is 0 Å². The first kappa shape index (κ1) is 17.1. The van der Waals surface area contributed by atoms with Gasteiger partial charge in [0.1, 0.15) is 24.4 Å². The van der Waals surface area contributed by atoms with E-state index in [1.54, 1.807) is 45.4 Å². The molecule has 2 aliphatic heterocycles. The molecule has 2 rings (SSSR count). The molecule has 0 aliphatic carbocycles. The molecule has 7 heteroatoms. The van der Waals surface area contributed by atoms with Gasteiger partial charge in [0.25, 0.3) is 0 Å². The number of hydrogen-bond acceptors (Lipinski definition) is 6. The lowest BCUT2D eigenvalue weighted by Crippen LogP contribution is -2.55. The predicted molar refractivity (Wildman–Crippen MR) is 77.9 cm³/mol. The lowest BCUT2D eigenvalue weighted by molar-refractivity contribution is -0.322. The topological polar surface area (TPSA) is 74.2 Å². The van der Waals surface area contributed by atoms with Gasteiger partial charge in [0, 0.05) is 22.5 Å². The molecule has 6 nitrogen and oxygen atoms in total. The second kappa shape index (κ2) is 6.06. The smallest absolute Gasteiger partial charge is 0.164 e. The molecule has 0 radical (unpaired) electrons. The van der Waals surface area contributed by atoms with Crippen LogP contribution in [0.3, 0.4) is 0 Å². The first-order valence-corrected chi connectivity index (χ1v) is 8.58. The zero-order valence-corrected chi connectivity index (χ0v) is 13.9. The van der Waals surface area contributed by atoms with Crippen molar-refractivity contribution in [3.63, 3.8) is 0 Å². The van der Waals surface area contributed by atoms with Crippen molar-refractivity contribution in [1.29, 1.82) is 0 Å². The normalized spacial score (nSPS) is 40.5. The monoisotopic (exact) mass is 320 g/mol. The summed E-state index contributed by atoms with van der Waals surface area (Å²) in [7, 11) is -1.07. The fourth-order valence-corrected chi connectivity index (χ4v) is 2.89. The average molecular weight is 320 g/mol. The summed E-state index contributed by atoms with van der Waals surface area (Å²) in [5.41, 5.74) is 0. The summed E-state index contributed by atoms with van der Waals surface area (Å²) in [6.45, 7) is 7.35. The van der Waals surface area contributed by atoms with E-state index in [1.807, 2.05) is 0 Å². The second-order valence-corrected chi connectivity index (χ2v) is 7.52. The lowest BCUT2D eigenvalue weighted by atomic mass is 10.0. The minimum atomic E-state index is -1.07. The fraction of sp³-hybridized carbons (Fsp3) is 0.857. The van der Waals surface area contributed by atoms with Gasteiger partial charge in [-0.15, -0.1) is 0 Å². The molecule has 2 aliphatic rings. The van der Waals surface area contributed by atoms with Crippen molar-refractivity contribution in [3.05, 3.63) is 11.5 Å². The van der Waals surface area contributed by atoms with Gasteiger partial charge in [-0.3, -0.25) is 4.21 Å². The maximum Gasteiger partial charge on any atom is 0.164 e. The number of aliphatic hydroxyl groups excluding tert-OH is 1. The van der Waals surface area contributed by atoms with Crippen LogP contribution in [0.1, 0.15) is 27.7 Å². The van der Waals surface area contributed by atoms with Crippen molar-refractivity contribution in [2.75, 3.05) is 12.9 Å². The predicted octanol–water partition coefficient (Wildman–Crippen LogP) is 0.911. The second-order valence-electron chi connectivity index (χ2n) is 6.25. The van der Waals surface area contributed by atoms with Crippen molar-refractivity contribution in [1.82, 2.24) is 0 Å².